The third-order valence-corrected chi connectivity index (χ3v) is 3.82. The molecule has 0 saturated heterocycles. The predicted octanol–water partition coefficient (Wildman–Crippen LogP) is 1.10. The molecule has 1 N–H and O–H groups in total. The molecule has 2 aromatic carbocycles. The van der Waals surface area contributed by atoms with Gasteiger partial charge in [-0.3, -0.25) is 4.79 Å². The molecule has 7 heteroatoms. The first kappa shape index (κ1) is 18.2. The van der Waals surface area contributed by atoms with Crippen LogP contribution in [0.2, 0.25) is 0 Å². The van der Waals surface area contributed by atoms with Gasteiger partial charge in [0.1, 0.15) is 11.3 Å². The van der Waals surface area contributed by atoms with Crippen LogP contribution < -0.4 is 20.8 Å². The van der Waals surface area contributed by atoms with Gasteiger partial charge in [0, 0.05) is 36.5 Å². The molecule has 0 saturated carbocycles. The Kier molecular flexibility index (Phi) is 5.51. The van der Waals surface area contributed by atoms with Crippen molar-refractivity contribution in [1.29, 1.82) is 0 Å². The number of amides is 1. The summed E-state index contributed by atoms with van der Waals surface area (Å²) >= 11 is 0. The maximum Gasteiger partial charge on any atom is 0.336 e. The molecule has 1 heterocycles. The standard InChI is InChI=1S/C20H17NO6/c22-18(21-9-8-19(23)24)12-26-14-6-7-15-16(13-4-2-1-3-5-13)11-20(25)27-17(15)10-14/h1-7,10-11H,8-9,12H2,(H,21,22)(H,23,24)/p-1. The van der Waals surface area contributed by atoms with Gasteiger partial charge in [-0.1, -0.05) is 30.3 Å². The Hall–Kier alpha value is -3.61. The molecule has 27 heavy (non-hydrogen) atoms. The van der Waals surface area contributed by atoms with Crippen LogP contribution in [-0.2, 0) is 9.59 Å². The summed E-state index contributed by atoms with van der Waals surface area (Å²) in [7, 11) is 0. The van der Waals surface area contributed by atoms with Crippen molar-refractivity contribution >= 4 is 22.8 Å². The van der Waals surface area contributed by atoms with Crippen molar-refractivity contribution in [2.24, 2.45) is 0 Å². The van der Waals surface area contributed by atoms with Crippen molar-refractivity contribution in [2.45, 2.75) is 6.42 Å². The van der Waals surface area contributed by atoms with Crippen LogP contribution in [0.4, 0.5) is 0 Å². The number of hydrogen-bond donors (Lipinski definition) is 1. The number of carboxylic acid groups (broad SMARTS) is 1. The van der Waals surface area contributed by atoms with Crippen molar-refractivity contribution in [3.63, 3.8) is 0 Å². The van der Waals surface area contributed by atoms with Crippen LogP contribution in [0.5, 0.6) is 5.75 Å². The van der Waals surface area contributed by atoms with E-state index in [1.165, 1.54) is 12.1 Å². The second-order valence-corrected chi connectivity index (χ2v) is 5.76. The molecule has 3 aromatic rings. The molecule has 1 amide bonds. The van der Waals surface area contributed by atoms with Gasteiger partial charge in [0.25, 0.3) is 5.91 Å². The summed E-state index contributed by atoms with van der Waals surface area (Å²) < 4.78 is 10.6. The van der Waals surface area contributed by atoms with Gasteiger partial charge in [-0.2, -0.15) is 0 Å². The predicted molar refractivity (Wildman–Crippen MR) is 96.0 cm³/mol. The van der Waals surface area contributed by atoms with Gasteiger partial charge in [-0.05, 0) is 23.3 Å². The lowest BCUT2D eigenvalue weighted by atomic mass is 10.0. The Bertz CT molecular complexity index is 1030. The number of nitrogens with one attached hydrogen (secondary N) is 1. The van der Waals surface area contributed by atoms with Crippen molar-refractivity contribution in [1.82, 2.24) is 5.32 Å². The van der Waals surface area contributed by atoms with Crippen LogP contribution in [0.15, 0.2) is 63.8 Å². The van der Waals surface area contributed by atoms with E-state index in [0.29, 0.717) is 11.3 Å². The molecule has 0 bridgehead atoms. The van der Waals surface area contributed by atoms with Crippen LogP contribution in [0, 0.1) is 0 Å². The smallest absolute Gasteiger partial charge is 0.336 e. The quantitative estimate of drug-likeness (QED) is 0.627. The van der Waals surface area contributed by atoms with Crippen LogP contribution >= 0.6 is 0 Å². The van der Waals surface area contributed by atoms with Crippen LogP contribution in [0.3, 0.4) is 0 Å². The van der Waals surface area contributed by atoms with Gasteiger partial charge in [0.15, 0.2) is 6.61 Å². The Morgan fingerprint density at radius 3 is 2.59 bits per heavy atom. The van der Waals surface area contributed by atoms with E-state index in [0.717, 1.165) is 16.5 Å². The maximum atomic E-state index is 11.9. The molecule has 138 valence electrons. The summed E-state index contributed by atoms with van der Waals surface area (Å²) in [6.45, 7) is -0.321. The Balaban J connectivity index is 1.77. The molecule has 0 unspecified atom stereocenters. The normalized spacial score (nSPS) is 10.5. The van der Waals surface area contributed by atoms with E-state index in [9.17, 15) is 19.5 Å². The number of carbonyl (C=O) groups excluding carboxylic acids is 2. The highest BCUT2D eigenvalue weighted by Crippen LogP contribution is 2.29. The van der Waals surface area contributed by atoms with E-state index in [1.807, 2.05) is 30.3 Å². The van der Waals surface area contributed by atoms with Crippen LogP contribution in [0.25, 0.3) is 22.1 Å². The third-order valence-electron chi connectivity index (χ3n) is 3.82. The minimum Gasteiger partial charge on any atom is -0.550 e. The first-order valence-corrected chi connectivity index (χ1v) is 8.25. The molecule has 7 nitrogen and oxygen atoms in total. The zero-order valence-corrected chi connectivity index (χ0v) is 14.3. The highest BCUT2D eigenvalue weighted by atomic mass is 16.5. The van der Waals surface area contributed by atoms with E-state index in [2.05, 4.69) is 5.32 Å². The fourth-order valence-corrected chi connectivity index (χ4v) is 2.59. The molecule has 1 aromatic heterocycles. The fourth-order valence-electron chi connectivity index (χ4n) is 2.59. The highest BCUT2D eigenvalue weighted by Gasteiger charge is 2.10. The molecule has 0 atom stereocenters. The minimum atomic E-state index is -1.24. The summed E-state index contributed by atoms with van der Waals surface area (Å²) in [4.78, 5) is 33.8. The van der Waals surface area contributed by atoms with Gasteiger partial charge in [-0.25, -0.2) is 4.79 Å². The van der Waals surface area contributed by atoms with Crippen LogP contribution in [-0.4, -0.2) is 25.0 Å². The Morgan fingerprint density at radius 1 is 1.07 bits per heavy atom. The van der Waals surface area contributed by atoms with Gasteiger partial charge in [-0.15, -0.1) is 0 Å². The average Bonchev–Trinajstić information content (AvgIpc) is 2.65. The molecular formula is C20H16NO6-. The van der Waals surface area contributed by atoms with Gasteiger partial charge < -0.3 is 24.4 Å². The molecule has 0 aliphatic carbocycles. The van der Waals surface area contributed by atoms with E-state index in [4.69, 9.17) is 9.15 Å². The number of carboxylic acids is 1. The Morgan fingerprint density at radius 2 is 1.85 bits per heavy atom. The average molecular weight is 366 g/mol. The number of carbonyl (C=O) groups is 2. The number of rotatable bonds is 7. The monoisotopic (exact) mass is 366 g/mol. The SMILES string of the molecule is O=C([O-])CCNC(=O)COc1ccc2c(-c3ccccc3)cc(=O)oc2c1. The zero-order valence-electron chi connectivity index (χ0n) is 14.3. The summed E-state index contributed by atoms with van der Waals surface area (Å²) in [6, 6.07) is 15.8. The molecular weight excluding hydrogens is 350 g/mol. The molecule has 0 spiro atoms. The third kappa shape index (κ3) is 4.72. The summed E-state index contributed by atoms with van der Waals surface area (Å²) in [6.07, 6.45) is -0.269. The van der Waals surface area contributed by atoms with Gasteiger partial charge in [0.2, 0.25) is 0 Å². The van der Waals surface area contributed by atoms with Crippen molar-refractivity contribution in [3.05, 3.63) is 65.0 Å². The molecule has 0 fully saturated rings. The molecule has 0 aliphatic rings. The lowest BCUT2D eigenvalue weighted by Crippen LogP contribution is -2.33. The van der Waals surface area contributed by atoms with E-state index in [1.54, 1.807) is 12.1 Å². The van der Waals surface area contributed by atoms with Crippen LogP contribution in [0.1, 0.15) is 6.42 Å². The lowest BCUT2D eigenvalue weighted by molar-refractivity contribution is -0.305. The number of hydrogen-bond acceptors (Lipinski definition) is 6. The summed E-state index contributed by atoms with van der Waals surface area (Å²) in [5.74, 6) is -1.35. The largest absolute Gasteiger partial charge is 0.550 e. The number of benzene rings is 2. The van der Waals surface area contributed by atoms with Crippen molar-refractivity contribution in [3.8, 4) is 16.9 Å². The second-order valence-electron chi connectivity index (χ2n) is 5.76. The number of fused-ring (bicyclic) bond motifs is 1. The maximum absolute atomic E-state index is 11.9. The summed E-state index contributed by atoms with van der Waals surface area (Å²) in [5.41, 5.74) is 1.49. The summed E-state index contributed by atoms with van der Waals surface area (Å²) in [5, 5.41) is 13.5. The van der Waals surface area contributed by atoms with E-state index in [-0.39, 0.29) is 19.6 Å². The first-order valence-electron chi connectivity index (χ1n) is 8.25. The van der Waals surface area contributed by atoms with Gasteiger partial charge >= 0.3 is 5.63 Å². The van der Waals surface area contributed by atoms with E-state index < -0.39 is 17.5 Å². The zero-order chi connectivity index (χ0) is 19.2. The molecule has 0 radical (unpaired) electrons. The minimum absolute atomic E-state index is 0.0302. The number of ether oxygens (including phenoxy) is 1. The number of aliphatic carboxylic acids is 1. The van der Waals surface area contributed by atoms with E-state index >= 15 is 0 Å². The molecule has 0 aliphatic heterocycles. The molecule has 3 rings (SSSR count). The second kappa shape index (κ2) is 8.18. The fraction of sp³-hybridized carbons (Fsp3) is 0.150. The lowest BCUT2D eigenvalue weighted by Gasteiger charge is -2.10. The highest BCUT2D eigenvalue weighted by molar-refractivity contribution is 5.93. The first-order chi connectivity index (χ1) is 13.0. The Labute approximate surface area is 154 Å². The van der Waals surface area contributed by atoms with Gasteiger partial charge in [0.05, 0.1) is 0 Å². The van der Waals surface area contributed by atoms with Crippen molar-refractivity contribution in [2.75, 3.05) is 13.2 Å². The topological polar surface area (TPSA) is 109 Å². The van der Waals surface area contributed by atoms with Crippen molar-refractivity contribution < 1.29 is 23.8 Å².